The Morgan fingerprint density at radius 3 is 2.94 bits per heavy atom. The number of nitrogens with one attached hydrogen (secondary N) is 1. The summed E-state index contributed by atoms with van der Waals surface area (Å²) in [6, 6.07) is 4.76. The Morgan fingerprint density at radius 1 is 1.59 bits per heavy atom. The van der Waals surface area contributed by atoms with Gasteiger partial charge in [-0.2, -0.15) is 0 Å². The van der Waals surface area contributed by atoms with Gasteiger partial charge in [0.05, 0.1) is 16.6 Å². The molecule has 4 nitrogen and oxygen atoms in total. The van der Waals surface area contributed by atoms with E-state index in [1.54, 1.807) is 12.1 Å². The Hall–Kier alpha value is -1.07. The van der Waals surface area contributed by atoms with E-state index in [2.05, 4.69) is 21.2 Å². The second kappa shape index (κ2) is 4.66. The van der Waals surface area contributed by atoms with Crippen molar-refractivity contribution in [3.05, 3.63) is 28.2 Å². The summed E-state index contributed by atoms with van der Waals surface area (Å²) < 4.78 is 5.84. The van der Waals surface area contributed by atoms with Gasteiger partial charge in [-0.05, 0) is 47.5 Å². The number of ether oxygens (including phenoxy) is 1. The lowest BCUT2D eigenvalue weighted by Gasteiger charge is -2.23. The van der Waals surface area contributed by atoms with Gasteiger partial charge in [-0.15, -0.1) is 0 Å². The molecular formula is C12H14BrNO3. The van der Waals surface area contributed by atoms with Gasteiger partial charge in [0.2, 0.25) is 0 Å². The maximum Gasteiger partial charge on any atom is 0.251 e. The number of hydrogen-bond donors (Lipinski definition) is 2. The SMILES string of the molecule is CC1(NC(=O)c2ccc(Br)c(O)c2)CCOC1. The van der Waals surface area contributed by atoms with E-state index in [9.17, 15) is 9.90 Å². The van der Waals surface area contributed by atoms with E-state index in [0.29, 0.717) is 23.2 Å². The van der Waals surface area contributed by atoms with Crippen molar-refractivity contribution in [1.29, 1.82) is 0 Å². The third-order valence-corrected chi connectivity index (χ3v) is 3.51. The van der Waals surface area contributed by atoms with Gasteiger partial charge < -0.3 is 15.2 Å². The van der Waals surface area contributed by atoms with Gasteiger partial charge in [0.25, 0.3) is 5.91 Å². The smallest absolute Gasteiger partial charge is 0.251 e. The average Bonchev–Trinajstić information content (AvgIpc) is 2.69. The van der Waals surface area contributed by atoms with Crippen LogP contribution in [-0.4, -0.2) is 29.8 Å². The van der Waals surface area contributed by atoms with Crippen LogP contribution in [-0.2, 0) is 4.74 Å². The normalized spacial score (nSPS) is 23.6. The molecule has 1 aliphatic rings. The maximum atomic E-state index is 12.0. The fourth-order valence-electron chi connectivity index (χ4n) is 1.77. The second-order valence-electron chi connectivity index (χ2n) is 4.48. The van der Waals surface area contributed by atoms with E-state index in [4.69, 9.17) is 4.74 Å². The van der Waals surface area contributed by atoms with Crippen molar-refractivity contribution in [1.82, 2.24) is 5.32 Å². The van der Waals surface area contributed by atoms with E-state index < -0.39 is 0 Å². The molecule has 92 valence electrons. The van der Waals surface area contributed by atoms with E-state index in [1.807, 2.05) is 6.92 Å². The van der Waals surface area contributed by atoms with Gasteiger partial charge in [-0.1, -0.05) is 0 Å². The molecule has 1 amide bonds. The minimum absolute atomic E-state index is 0.0606. The Labute approximate surface area is 108 Å². The van der Waals surface area contributed by atoms with Crippen LogP contribution in [0.25, 0.3) is 0 Å². The molecular weight excluding hydrogens is 286 g/mol. The van der Waals surface area contributed by atoms with Crippen LogP contribution in [0.1, 0.15) is 23.7 Å². The molecule has 1 heterocycles. The number of rotatable bonds is 2. The Balaban J connectivity index is 2.11. The highest BCUT2D eigenvalue weighted by Crippen LogP contribution is 2.25. The maximum absolute atomic E-state index is 12.0. The van der Waals surface area contributed by atoms with E-state index in [0.717, 1.165) is 6.42 Å². The minimum Gasteiger partial charge on any atom is -0.507 e. The number of phenolic OH excluding ortho intramolecular Hbond substituents is 1. The van der Waals surface area contributed by atoms with Gasteiger partial charge in [0, 0.05) is 12.2 Å². The molecule has 1 unspecified atom stereocenters. The van der Waals surface area contributed by atoms with Gasteiger partial charge in [0.15, 0.2) is 0 Å². The zero-order chi connectivity index (χ0) is 12.5. The van der Waals surface area contributed by atoms with Crippen LogP contribution in [0.2, 0.25) is 0 Å². The van der Waals surface area contributed by atoms with Crippen LogP contribution in [0.4, 0.5) is 0 Å². The highest BCUT2D eigenvalue weighted by Gasteiger charge is 2.31. The molecule has 1 saturated heterocycles. The van der Waals surface area contributed by atoms with Crippen LogP contribution < -0.4 is 5.32 Å². The molecule has 1 aliphatic heterocycles. The highest BCUT2D eigenvalue weighted by molar-refractivity contribution is 9.10. The molecule has 1 atom stereocenters. The van der Waals surface area contributed by atoms with Crippen LogP contribution >= 0.6 is 15.9 Å². The van der Waals surface area contributed by atoms with Crippen LogP contribution in [0.15, 0.2) is 22.7 Å². The first-order valence-electron chi connectivity index (χ1n) is 5.39. The molecule has 0 bridgehead atoms. The summed E-state index contributed by atoms with van der Waals surface area (Å²) in [7, 11) is 0. The monoisotopic (exact) mass is 299 g/mol. The quantitative estimate of drug-likeness (QED) is 0.879. The molecule has 1 fully saturated rings. The van der Waals surface area contributed by atoms with Crippen molar-refractivity contribution in [3.8, 4) is 5.75 Å². The zero-order valence-corrected chi connectivity index (χ0v) is 11.1. The molecule has 0 aromatic heterocycles. The Bertz CT molecular complexity index is 441. The molecule has 2 rings (SSSR count). The number of hydrogen-bond acceptors (Lipinski definition) is 3. The molecule has 1 aromatic carbocycles. The summed E-state index contributed by atoms with van der Waals surface area (Å²) in [5, 5.41) is 12.5. The van der Waals surface area contributed by atoms with Gasteiger partial charge in [-0.25, -0.2) is 0 Å². The summed E-state index contributed by atoms with van der Waals surface area (Å²) in [6.07, 6.45) is 0.807. The predicted molar refractivity (Wildman–Crippen MR) is 67.1 cm³/mol. The molecule has 0 spiro atoms. The molecule has 5 heteroatoms. The van der Waals surface area contributed by atoms with Crippen molar-refractivity contribution in [2.45, 2.75) is 18.9 Å². The molecule has 0 radical (unpaired) electrons. The number of carbonyl (C=O) groups excluding carboxylic acids is 1. The second-order valence-corrected chi connectivity index (χ2v) is 5.34. The molecule has 1 aromatic rings. The van der Waals surface area contributed by atoms with Crippen molar-refractivity contribution < 1.29 is 14.6 Å². The summed E-state index contributed by atoms with van der Waals surface area (Å²) >= 11 is 3.18. The average molecular weight is 300 g/mol. The molecule has 17 heavy (non-hydrogen) atoms. The molecule has 2 N–H and O–H groups in total. The summed E-state index contributed by atoms with van der Waals surface area (Å²) in [4.78, 5) is 12.0. The summed E-state index contributed by atoms with van der Waals surface area (Å²) in [5.74, 6) is -0.133. The Morgan fingerprint density at radius 2 is 2.35 bits per heavy atom. The number of amides is 1. The van der Waals surface area contributed by atoms with Gasteiger partial charge in [-0.3, -0.25) is 4.79 Å². The van der Waals surface area contributed by atoms with Crippen LogP contribution in [0.5, 0.6) is 5.75 Å². The first-order chi connectivity index (χ1) is 8.00. The lowest BCUT2D eigenvalue weighted by molar-refractivity contribution is 0.0889. The first-order valence-corrected chi connectivity index (χ1v) is 6.18. The minimum atomic E-state index is -0.306. The lowest BCUT2D eigenvalue weighted by Crippen LogP contribution is -2.46. The van der Waals surface area contributed by atoms with E-state index in [-0.39, 0.29) is 17.2 Å². The van der Waals surface area contributed by atoms with Crippen molar-refractivity contribution >= 4 is 21.8 Å². The first kappa shape index (κ1) is 12.4. The number of benzene rings is 1. The summed E-state index contributed by atoms with van der Waals surface area (Å²) in [6.45, 7) is 3.15. The van der Waals surface area contributed by atoms with Gasteiger partial charge in [0.1, 0.15) is 5.75 Å². The molecule has 0 aliphatic carbocycles. The van der Waals surface area contributed by atoms with Crippen LogP contribution in [0, 0.1) is 0 Å². The standard InChI is InChI=1S/C12H14BrNO3/c1-12(4-5-17-7-12)14-11(16)8-2-3-9(13)10(15)6-8/h2-3,6,15H,4-5,7H2,1H3,(H,14,16). The number of halogens is 1. The van der Waals surface area contributed by atoms with Crippen molar-refractivity contribution in [3.63, 3.8) is 0 Å². The number of carbonyl (C=O) groups is 1. The highest BCUT2D eigenvalue weighted by atomic mass is 79.9. The predicted octanol–water partition coefficient (Wildman–Crippen LogP) is 2.06. The van der Waals surface area contributed by atoms with Crippen molar-refractivity contribution in [2.24, 2.45) is 0 Å². The number of phenols is 1. The Kier molecular flexibility index (Phi) is 3.40. The summed E-state index contributed by atoms with van der Waals surface area (Å²) in [5.41, 5.74) is 0.138. The van der Waals surface area contributed by atoms with E-state index >= 15 is 0 Å². The topological polar surface area (TPSA) is 58.6 Å². The number of aromatic hydroxyl groups is 1. The third kappa shape index (κ3) is 2.79. The van der Waals surface area contributed by atoms with E-state index in [1.165, 1.54) is 6.07 Å². The third-order valence-electron chi connectivity index (χ3n) is 2.84. The van der Waals surface area contributed by atoms with Crippen LogP contribution in [0.3, 0.4) is 0 Å². The van der Waals surface area contributed by atoms with Gasteiger partial charge >= 0.3 is 0 Å². The fraction of sp³-hybridized carbons (Fsp3) is 0.417. The van der Waals surface area contributed by atoms with Crippen molar-refractivity contribution in [2.75, 3.05) is 13.2 Å². The largest absolute Gasteiger partial charge is 0.507 e. The molecule has 0 saturated carbocycles. The zero-order valence-electron chi connectivity index (χ0n) is 9.50. The fourth-order valence-corrected chi connectivity index (χ4v) is 2.01. The lowest BCUT2D eigenvalue weighted by atomic mass is 10.0.